The van der Waals surface area contributed by atoms with Gasteiger partial charge in [0.05, 0.1) is 25.3 Å². The first kappa shape index (κ1) is 15.8. The number of fused-ring (bicyclic) bond motifs is 1. The predicted molar refractivity (Wildman–Crippen MR) is 89.9 cm³/mol. The van der Waals surface area contributed by atoms with Crippen molar-refractivity contribution in [3.8, 4) is 5.75 Å². The van der Waals surface area contributed by atoms with E-state index in [9.17, 15) is 9.59 Å². The van der Waals surface area contributed by atoms with Crippen LogP contribution in [-0.4, -0.2) is 30.4 Å². The maximum Gasteiger partial charge on any atom is 0.337 e. The number of carbonyl (C=O) groups is 2. The quantitative estimate of drug-likeness (QED) is 0.546. The van der Waals surface area contributed by atoms with E-state index >= 15 is 0 Å². The molecule has 2 aromatic heterocycles. The fourth-order valence-electron chi connectivity index (χ4n) is 2.88. The Hall–Kier alpha value is -3.08. The van der Waals surface area contributed by atoms with E-state index in [1.165, 1.54) is 7.11 Å². The number of nitrogens with zero attached hydrogens (tertiary/aromatic N) is 1. The number of methoxy groups -OCH3 is 2. The van der Waals surface area contributed by atoms with Crippen molar-refractivity contribution in [3.63, 3.8) is 0 Å². The Morgan fingerprint density at radius 3 is 2.46 bits per heavy atom. The third-order valence-electron chi connectivity index (χ3n) is 3.99. The summed E-state index contributed by atoms with van der Waals surface area (Å²) < 4.78 is 12.0. The number of rotatable bonds is 4. The molecule has 0 amide bonds. The lowest BCUT2D eigenvalue weighted by Crippen LogP contribution is -2.09. The van der Waals surface area contributed by atoms with E-state index in [0.717, 1.165) is 11.1 Å². The number of carbonyl (C=O) groups excluding carboxylic acids is 2. The average Bonchev–Trinajstić information content (AvgIpc) is 2.91. The van der Waals surface area contributed by atoms with Gasteiger partial charge in [-0.2, -0.15) is 0 Å². The molecule has 3 aromatic rings. The summed E-state index contributed by atoms with van der Waals surface area (Å²) >= 11 is 0. The molecule has 2 heterocycles. The maximum atomic E-state index is 13.0. The Morgan fingerprint density at radius 2 is 1.75 bits per heavy atom. The van der Waals surface area contributed by atoms with E-state index in [1.54, 1.807) is 35.8 Å². The number of hydrogen-bond acceptors (Lipinski definition) is 4. The molecule has 0 saturated carbocycles. The maximum absolute atomic E-state index is 13.0. The second-order valence-corrected chi connectivity index (χ2v) is 5.36. The van der Waals surface area contributed by atoms with E-state index in [-0.39, 0.29) is 5.78 Å². The van der Waals surface area contributed by atoms with Crippen LogP contribution in [0.25, 0.3) is 5.52 Å². The minimum Gasteiger partial charge on any atom is -0.494 e. The van der Waals surface area contributed by atoms with E-state index < -0.39 is 5.97 Å². The normalized spacial score (nSPS) is 10.6. The van der Waals surface area contributed by atoms with Crippen molar-refractivity contribution in [3.05, 3.63) is 71.0 Å². The number of aromatic nitrogens is 1. The SMILES string of the molecule is COC(=O)c1cccc(C(=O)c2c(C)c(OC)c3ccccn23)c1. The van der Waals surface area contributed by atoms with Crippen LogP contribution in [0.15, 0.2) is 48.7 Å². The molecule has 5 nitrogen and oxygen atoms in total. The fourth-order valence-corrected chi connectivity index (χ4v) is 2.88. The minimum absolute atomic E-state index is 0.178. The van der Waals surface area contributed by atoms with Crippen LogP contribution in [0.3, 0.4) is 0 Å². The first-order valence-electron chi connectivity index (χ1n) is 7.45. The van der Waals surface area contributed by atoms with E-state index in [4.69, 9.17) is 9.47 Å². The second kappa shape index (κ2) is 6.20. The Kier molecular flexibility index (Phi) is 4.08. The molecule has 0 saturated heterocycles. The smallest absolute Gasteiger partial charge is 0.337 e. The van der Waals surface area contributed by atoms with Gasteiger partial charge >= 0.3 is 5.97 Å². The Bertz CT molecular complexity index is 940. The molecule has 0 bridgehead atoms. The summed E-state index contributed by atoms with van der Waals surface area (Å²) in [6.07, 6.45) is 1.82. The predicted octanol–water partition coefficient (Wildman–Crippen LogP) is 3.27. The Labute approximate surface area is 139 Å². The summed E-state index contributed by atoms with van der Waals surface area (Å²) in [5, 5.41) is 0. The van der Waals surface area contributed by atoms with Gasteiger partial charge < -0.3 is 13.9 Å². The Balaban J connectivity index is 2.16. The molecule has 0 spiro atoms. The van der Waals surface area contributed by atoms with Crippen LogP contribution in [0.5, 0.6) is 5.75 Å². The highest BCUT2D eigenvalue weighted by atomic mass is 16.5. The standard InChI is InChI=1S/C19H17NO4/c1-12-16(20-10-5-4-9-15(20)18(12)23-2)17(21)13-7-6-8-14(11-13)19(22)24-3/h4-11H,1-3H3. The summed E-state index contributed by atoms with van der Waals surface area (Å²) in [7, 11) is 2.90. The van der Waals surface area contributed by atoms with Crippen molar-refractivity contribution < 1.29 is 19.1 Å². The van der Waals surface area contributed by atoms with Crippen molar-refractivity contribution in [1.82, 2.24) is 4.40 Å². The lowest BCUT2D eigenvalue weighted by atomic mass is 10.0. The molecule has 0 atom stereocenters. The molecule has 0 radical (unpaired) electrons. The van der Waals surface area contributed by atoms with Crippen molar-refractivity contribution in [2.24, 2.45) is 0 Å². The summed E-state index contributed by atoms with van der Waals surface area (Å²) in [5.41, 5.74) is 2.87. The number of hydrogen-bond donors (Lipinski definition) is 0. The van der Waals surface area contributed by atoms with Gasteiger partial charge in [-0.3, -0.25) is 4.79 Å². The van der Waals surface area contributed by atoms with Crippen LogP contribution >= 0.6 is 0 Å². The molecule has 0 unspecified atom stereocenters. The summed E-state index contributed by atoms with van der Waals surface area (Å²) in [5.74, 6) is 0.0183. The summed E-state index contributed by atoms with van der Waals surface area (Å²) in [6, 6.07) is 12.2. The van der Waals surface area contributed by atoms with Crippen LogP contribution in [0.2, 0.25) is 0 Å². The van der Waals surface area contributed by atoms with Gasteiger partial charge in [-0.15, -0.1) is 0 Å². The fraction of sp³-hybridized carbons (Fsp3) is 0.158. The van der Waals surface area contributed by atoms with Gasteiger partial charge in [0, 0.05) is 17.3 Å². The minimum atomic E-state index is -0.473. The number of ketones is 1. The molecule has 122 valence electrons. The van der Waals surface area contributed by atoms with Crippen LogP contribution < -0.4 is 4.74 Å². The van der Waals surface area contributed by atoms with E-state index in [1.807, 2.05) is 31.3 Å². The summed E-state index contributed by atoms with van der Waals surface area (Å²) in [6.45, 7) is 1.85. The first-order chi connectivity index (χ1) is 11.6. The van der Waals surface area contributed by atoms with Crippen LogP contribution in [0.4, 0.5) is 0 Å². The molecule has 0 aliphatic rings. The van der Waals surface area contributed by atoms with Crippen molar-refractivity contribution in [2.75, 3.05) is 14.2 Å². The molecule has 24 heavy (non-hydrogen) atoms. The van der Waals surface area contributed by atoms with Crippen molar-refractivity contribution in [1.29, 1.82) is 0 Å². The zero-order valence-corrected chi connectivity index (χ0v) is 13.7. The first-order valence-corrected chi connectivity index (χ1v) is 7.45. The van der Waals surface area contributed by atoms with Gasteiger partial charge in [-0.1, -0.05) is 18.2 Å². The molecule has 1 aromatic carbocycles. The number of esters is 1. The third-order valence-corrected chi connectivity index (χ3v) is 3.99. The number of pyridine rings is 1. The van der Waals surface area contributed by atoms with Gasteiger partial charge in [0.25, 0.3) is 0 Å². The molecule has 0 N–H and O–H groups in total. The zero-order valence-electron chi connectivity index (χ0n) is 13.7. The molecular formula is C19H17NO4. The highest BCUT2D eigenvalue weighted by Gasteiger charge is 2.22. The van der Waals surface area contributed by atoms with Crippen molar-refractivity contribution >= 4 is 17.3 Å². The molecule has 5 heteroatoms. The van der Waals surface area contributed by atoms with Gasteiger partial charge in [0.1, 0.15) is 11.4 Å². The van der Waals surface area contributed by atoms with Gasteiger partial charge in [0.2, 0.25) is 5.78 Å². The van der Waals surface area contributed by atoms with Crippen LogP contribution in [0.1, 0.15) is 32.0 Å². The monoisotopic (exact) mass is 323 g/mol. The summed E-state index contributed by atoms with van der Waals surface area (Å²) in [4.78, 5) is 24.7. The highest BCUT2D eigenvalue weighted by Crippen LogP contribution is 2.31. The largest absolute Gasteiger partial charge is 0.494 e. The molecule has 0 aliphatic heterocycles. The van der Waals surface area contributed by atoms with Gasteiger partial charge in [-0.05, 0) is 31.2 Å². The third kappa shape index (κ3) is 2.44. The molecule has 3 rings (SSSR count). The molecular weight excluding hydrogens is 306 g/mol. The van der Waals surface area contributed by atoms with Gasteiger partial charge in [0.15, 0.2) is 0 Å². The zero-order chi connectivity index (χ0) is 17.3. The van der Waals surface area contributed by atoms with E-state index in [0.29, 0.717) is 22.6 Å². The molecule has 0 aliphatic carbocycles. The van der Waals surface area contributed by atoms with E-state index in [2.05, 4.69) is 0 Å². The lowest BCUT2D eigenvalue weighted by Gasteiger charge is -2.05. The second-order valence-electron chi connectivity index (χ2n) is 5.36. The molecule has 0 fully saturated rings. The Morgan fingerprint density at radius 1 is 1.00 bits per heavy atom. The van der Waals surface area contributed by atoms with Crippen LogP contribution in [0, 0.1) is 6.92 Å². The lowest BCUT2D eigenvalue weighted by molar-refractivity contribution is 0.0600. The number of ether oxygens (including phenoxy) is 2. The highest BCUT2D eigenvalue weighted by molar-refractivity contribution is 6.11. The average molecular weight is 323 g/mol. The van der Waals surface area contributed by atoms with Gasteiger partial charge in [-0.25, -0.2) is 4.79 Å². The van der Waals surface area contributed by atoms with Crippen LogP contribution in [-0.2, 0) is 4.74 Å². The number of benzene rings is 1. The topological polar surface area (TPSA) is 57.0 Å². The van der Waals surface area contributed by atoms with Crippen molar-refractivity contribution in [2.45, 2.75) is 6.92 Å².